The molecule has 6 nitrogen and oxygen atoms in total. The van der Waals surface area contributed by atoms with E-state index in [2.05, 4.69) is 20.9 Å². The molecule has 1 saturated carbocycles. The summed E-state index contributed by atoms with van der Waals surface area (Å²) in [6.07, 6.45) is 7.92. The summed E-state index contributed by atoms with van der Waals surface area (Å²) in [4.78, 5) is 28.4. The molecule has 1 aromatic heterocycles. The first-order valence-electron chi connectivity index (χ1n) is 9.95. The molecule has 0 radical (unpaired) electrons. The molecule has 1 aliphatic rings. The predicted octanol–water partition coefficient (Wildman–Crippen LogP) is 3.24. The molecule has 1 aliphatic carbocycles. The molecular formula is C21H30N4O2. The lowest BCUT2D eigenvalue weighted by molar-refractivity contribution is -0.123. The molecule has 0 spiro atoms. The van der Waals surface area contributed by atoms with Crippen molar-refractivity contribution in [3.05, 3.63) is 36.0 Å². The summed E-state index contributed by atoms with van der Waals surface area (Å²) < 4.78 is 0. The Morgan fingerprint density at radius 1 is 1.11 bits per heavy atom. The molecule has 2 aromatic rings. The summed E-state index contributed by atoms with van der Waals surface area (Å²) in [5.74, 6) is -0.158. The number of aromatic nitrogens is 1. The molecule has 27 heavy (non-hydrogen) atoms. The van der Waals surface area contributed by atoms with E-state index in [1.54, 1.807) is 0 Å². The van der Waals surface area contributed by atoms with Crippen molar-refractivity contribution in [3.8, 4) is 0 Å². The first kappa shape index (κ1) is 19.3. The van der Waals surface area contributed by atoms with Gasteiger partial charge in [-0.1, -0.05) is 37.5 Å². The summed E-state index contributed by atoms with van der Waals surface area (Å²) in [6, 6.07) is 7.34. The molecule has 1 heterocycles. The van der Waals surface area contributed by atoms with Gasteiger partial charge in [0.25, 0.3) is 0 Å². The van der Waals surface area contributed by atoms with Gasteiger partial charge in [0.1, 0.15) is 6.04 Å². The fourth-order valence-corrected chi connectivity index (χ4v) is 3.75. The average molecular weight is 370 g/mol. The zero-order chi connectivity index (χ0) is 19.2. The number of amides is 3. The monoisotopic (exact) mass is 370 g/mol. The zero-order valence-electron chi connectivity index (χ0n) is 16.2. The Morgan fingerprint density at radius 2 is 1.85 bits per heavy atom. The Balaban J connectivity index is 1.70. The van der Waals surface area contributed by atoms with Gasteiger partial charge in [0.2, 0.25) is 5.91 Å². The summed E-state index contributed by atoms with van der Waals surface area (Å²) in [5.41, 5.74) is 2.05. The van der Waals surface area contributed by atoms with Crippen LogP contribution in [0.2, 0.25) is 0 Å². The third-order valence-corrected chi connectivity index (χ3v) is 5.09. The Morgan fingerprint density at radius 3 is 2.59 bits per heavy atom. The molecule has 3 rings (SSSR count). The summed E-state index contributed by atoms with van der Waals surface area (Å²) >= 11 is 0. The second kappa shape index (κ2) is 8.93. The van der Waals surface area contributed by atoms with Crippen molar-refractivity contribution in [2.24, 2.45) is 0 Å². The van der Waals surface area contributed by atoms with Crippen molar-refractivity contribution in [2.75, 3.05) is 0 Å². The molecule has 0 unspecified atom stereocenters. The molecule has 0 saturated heterocycles. The summed E-state index contributed by atoms with van der Waals surface area (Å²) in [7, 11) is 0. The molecule has 1 fully saturated rings. The van der Waals surface area contributed by atoms with Crippen molar-refractivity contribution in [3.63, 3.8) is 0 Å². The number of fused-ring (bicyclic) bond motifs is 1. The number of hydrogen-bond acceptors (Lipinski definition) is 2. The van der Waals surface area contributed by atoms with Crippen molar-refractivity contribution in [2.45, 2.75) is 70.5 Å². The van der Waals surface area contributed by atoms with E-state index in [1.165, 1.54) is 6.42 Å². The summed E-state index contributed by atoms with van der Waals surface area (Å²) in [6.45, 7) is 3.84. The minimum absolute atomic E-state index is 0.0196. The van der Waals surface area contributed by atoms with E-state index in [1.807, 2.05) is 44.3 Å². The van der Waals surface area contributed by atoms with Crippen LogP contribution in [0.3, 0.4) is 0 Å². The minimum atomic E-state index is -0.616. The number of para-hydroxylation sites is 1. The fourth-order valence-electron chi connectivity index (χ4n) is 3.75. The van der Waals surface area contributed by atoms with Gasteiger partial charge in [-0.2, -0.15) is 0 Å². The number of hydrogen-bond donors (Lipinski definition) is 4. The maximum atomic E-state index is 12.7. The van der Waals surface area contributed by atoms with Gasteiger partial charge in [-0.3, -0.25) is 4.79 Å². The Kier molecular flexibility index (Phi) is 6.37. The van der Waals surface area contributed by atoms with Gasteiger partial charge in [-0.05, 0) is 38.3 Å². The fraction of sp³-hybridized carbons (Fsp3) is 0.524. The number of carbonyl (C=O) groups is 2. The average Bonchev–Trinajstić information content (AvgIpc) is 3.04. The second-order valence-corrected chi connectivity index (χ2v) is 7.73. The maximum absolute atomic E-state index is 12.7. The van der Waals surface area contributed by atoms with E-state index in [4.69, 9.17) is 0 Å². The molecule has 1 aromatic carbocycles. The third kappa shape index (κ3) is 5.25. The predicted molar refractivity (Wildman–Crippen MR) is 108 cm³/mol. The second-order valence-electron chi connectivity index (χ2n) is 7.73. The Labute approximate surface area is 160 Å². The molecule has 146 valence electrons. The van der Waals surface area contributed by atoms with Gasteiger partial charge >= 0.3 is 6.03 Å². The van der Waals surface area contributed by atoms with Gasteiger partial charge in [-0.15, -0.1) is 0 Å². The van der Waals surface area contributed by atoms with Crippen LogP contribution >= 0.6 is 0 Å². The number of nitrogens with one attached hydrogen (secondary N) is 4. The Bertz CT molecular complexity index is 777. The van der Waals surface area contributed by atoms with E-state index < -0.39 is 6.04 Å². The quantitative estimate of drug-likeness (QED) is 0.629. The number of benzene rings is 1. The SMILES string of the molecule is CC(C)NC(=O)[C@H](Cc1c[nH]c2ccccc12)NC(=O)NC1CCCCC1. The maximum Gasteiger partial charge on any atom is 0.315 e. The number of urea groups is 1. The number of H-pyrrole nitrogens is 1. The molecule has 1 atom stereocenters. The highest BCUT2D eigenvalue weighted by atomic mass is 16.2. The molecule has 6 heteroatoms. The number of aromatic amines is 1. The van der Waals surface area contributed by atoms with Crippen LogP contribution in [0, 0.1) is 0 Å². The highest BCUT2D eigenvalue weighted by molar-refractivity contribution is 5.89. The van der Waals surface area contributed by atoms with Crippen LogP contribution in [0.1, 0.15) is 51.5 Å². The van der Waals surface area contributed by atoms with Gasteiger partial charge in [-0.25, -0.2) is 4.79 Å². The van der Waals surface area contributed by atoms with Crippen LogP contribution in [0.4, 0.5) is 4.79 Å². The highest BCUT2D eigenvalue weighted by Crippen LogP contribution is 2.20. The van der Waals surface area contributed by atoms with E-state index in [9.17, 15) is 9.59 Å². The van der Waals surface area contributed by atoms with Gasteiger partial charge < -0.3 is 20.9 Å². The topological polar surface area (TPSA) is 86.0 Å². The van der Waals surface area contributed by atoms with Crippen molar-refractivity contribution < 1.29 is 9.59 Å². The molecule has 0 aliphatic heterocycles. The van der Waals surface area contributed by atoms with Crippen LogP contribution < -0.4 is 16.0 Å². The zero-order valence-corrected chi connectivity index (χ0v) is 16.2. The van der Waals surface area contributed by atoms with Gasteiger partial charge in [0.05, 0.1) is 0 Å². The first-order chi connectivity index (χ1) is 13.0. The number of rotatable bonds is 6. The van der Waals surface area contributed by atoms with Crippen LogP contribution in [0.15, 0.2) is 30.5 Å². The normalized spacial score (nSPS) is 16.3. The third-order valence-electron chi connectivity index (χ3n) is 5.09. The lowest BCUT2D eigenvalue weighted by atomic mass is 9.96. The standard InChI is InChI=1S/C21H30N4O2/c1-14(2)23-20(26)19(25-21(27)24-16-8-4-3-5-9-16)12-15-13-22-18-11-7-6-10-17(15)18/h6-7,10-11,13-14,16,19,22H,3-5,8-9,12H2,1-2H3,(H,23,26)(H2,24,25,27)/t19-/m0/s1. The molecule has 3 amide bonds. The number of carbonyl (C=O) groups excluding carboxylic acids is 2. The Hall–Kier alpha value is -2.50. The first-order valence-corrected chi connectivity index (χ1v) is 9.95. The van der Waals surface area contributed by atoms with Crippen LogP contribution in [0.25, 0.3) is 10.9 Å². The van der Waals surface area contributed by atoms with E-state index in [0.717, 1.165) is 42.1 Å². The lowest BCUT2D eigenvalue weighted by Gasteiger charge is -2.25. The van der Waals surface area contributed by atoms with Crippen molar-refractivity contribution in [1.82, 2.24) is 20.9 Å². The van der Waals surface area contributed by atoms with Gasteiger partial charge in [0, 0.05) is 35.6 Å². The van der Waals surface area contributed by atoms with E-state index in [-0.39, 0.29) is 24.0 Å². The molecular weight excluding hydrogens is 340 g/mol. The van der Waals surface area contributed by atoms with Gasteiger partial charge in [0.15, 0.2) is 0 Å². The van der Waals surface area contributed by atoms with Crippen molar-refractivity contribution >= 4 is 22.8 Å². The minimum Gasteiger partial charge on any atom is -0.361 e. The van der Waals surface area contributed by atoms with Crippen LogP contribution in [0.5, 0.6) is 0 Å². The van der Waals surface area contributed by atoms with Crippen molar-refractivity contribution in [1.29, 1.82) is 0 Å². The van der Waals surface area contributed by atoms with E-state index in [0.29, 0.717) is 6.42 Å². The van der Waals surface area contributed by atoms with E-state index >= 15 is 0 Å². The van der Waals surface area contributed by atoms with Crippen LogP contribution in [-0.2, 0) is 11.2 Å². The van der Waals surface area contributed by atoms with Crippen LogP contribution in [-0.4, -0.2) is 35.0 Å². The lowest BCUT2D eigenvalue weighted by Crippen LogP contribution is -2.54. The molecule has 4 N–H and O–H groups in total. The molecule has 0 bridgehead atoms. The smallest absolute Gasteiger partial charge is 0.315 e. The largest absolute Gasteiger partial charge is 0.361 e. The highest BCUT2D eigenvalue weighted by Gasteiger charge is 2.24. The summed E-state index contributed by atoms with van der Waals surface area (Å²) in [5, 5.41) is 9.93.